The molecule has 10 heteroatoms. The Morgan fingerprint density at radius 1 is 1.14 bits per heavy atom. The molecular formula is C26H40F2N4O3Si. The number of aliphatic hydroxyl groups excluding tert-OH is 1. The number of benzene rings is 1. The standard InChI is InChI=1S/C26H40F2N4O3Si/c1-17(2)29-24-25(31-21(15-33)22(30-24)16-34-36(6,7)26(3,4)5)32-12-10-19(11-13-32)35-23-9-8-18(27)14-20(23)28/h8-9,14,17,19,33H,10-13,15-16H2,1-7H3,(H,29,30). The van der Waals surface area contributed by atoms with E-state index in [1.807, 2.05) is 13.8 Å². The van der Waals surface area contributed by atoms with Crippen LogP contribution in [0.15, 0.2) is 18.2 Å². The summed E-state index contributed by atoms with van der Waals surface area (Å²) >= 11 is 0. The Kier molecular flexibility index (Phi) is 8.95. The van der Waals surface area contributed by atoms with E-state index in [2.05, 4.69) is 44.1 Å². The maximum Gasteiger partial charge on any atom is 0.192 e. The largest absolute Gasteiger partial charge is 0.487 e. The molecule has 3 rings (SSSR count). The zero-order valence-corrected chi connectivity index (χ0v) is 23.5. The van der Waals surface area contributed by atoms with Crippen LogP contribution in [-0.2, 0) is 17.6 Å². The van der Waals surface area contributed by atoms with Gasteiger partial charge in [0, 0.05) is 38.0 Å². The molecule has 2 heterocycles. The maximum absolute atomic E-state index is 14.0. The van der Waals surface area contributed by atoms with Gasteiger partial charge in [0.15, 0.2) is 31.5 Å². The number of nitrogens with one attached hydrogen (secondary N) is 1. The topological polar surface area (TPSA) is 79.7 Å². The predicted molar refractivity (Wildman–Crippen MR) is 141 cm³/mol. The third-order valence-corrected chi connectivity index (χ3v) is 11.4. The Hall–Kier alpha value is -2.30. The number of anilines is 2. The van der Waals surface area contributed by atoms with Crippen molar-refractivity contribution >= 4 is 20.0 Å². The molecular weight excluding hydrogens is 482 g/mol. The van der Waals surface area contributed by atoms with Crippen LogP contribution in [0.1, 0.15) is 58.8 Å². The molecule has 1 aromatic heterocycles. The Bertz CT molecular complexity index is 1040. The maximum atomic E-state index is 14.0. The highest BCUT2D eigenvalue weighted by molar-refractivity contribution is 6.74. The number of hydrogen-bond donors (Lipinski definition) is 2. The second kappa shape index (κ2) is 11.4. The number of halogens is 2. The number of piperidine rings is 1. The molecule has 7 nitrogen and oxygen atoms in total. The summed E-state index contributed by atoms with van der Waals surface area (Å²) in [5.41, 5.74) is 1.14. The summed E-state index contributed by atoms with van der Waals surface area (Å²) in [4.78, 5) is 11.8. The lowest BCUT2D eigenvalue weighted by molar-refractivity contribution is 0.163. The van der Waals surface area contributed by atoms with Gasteiger partial charge in [0.25, 0.3) is 0 Å². The van der Waals surface area contributed by atoms with Crippen molar-refractivity contribution in [1.82, 2.24) is 9.97 Å². The second-order valence-electron chi connectivity index (χ2n) is 11.2. The SMILES string of the molecule is CC(C)Nc1nc(CO[Si](C)(C)C(C)(C)C)c(CO)nc1N1CCC(Oc2ccc(F)cc2F)CC1. The second-order valence-corrected chi connectivity index (χ2v) is 16.0. The van der Waals surface area contributed by atoms with Crippen LogP contribution in [0, 0.1) is 11.6 Å². The van der Waals surface area contributed by atoms with Crippen LogP contribution in [0.5, 0.6) is 5.75 Å². The molecule has 2 aromatic rings. The van der Waals surface area contributed by atoms with Crippen molar-refractivity contribution in [2.45, 2.75) is 91.0 Å². The number of aromatic nitrogens is 2. The van der Waals surface area contributed by atoms with Crippen LogP contribution in [0.2, 0.25) is 18.1 Å². The van der Waals surface area contributed by atoms with Gasteiger partial charge >= 0.3 is 0 Å². The Labute approximate surface area is 214 Å². The highest BCUT2D eigenvalue weighted by Crippen LogP contribution is 2.37. The van der Waals surface area contributed by atoms with E-state index in [0.29, 0.717) is 55.6 Å². The molecule has 0 bridgehead atoms. The lowest BCUT2D eigenvalue weighted by Crippen LogP contribution is -2.41. The van der Waals surface area contributed by atoms with Gasteiger partial charge in [-0.05, 0) is 44.1 Å². The molecule has 200 valence electrons. The van der Waals surface area contributed by atoms with Crippen LogP contribution in [0.25, 0.3) is 0 Å². The average Bonchev–Trinajstić information content (AvgIpc) is 2.79. The molecule has 1 aliphatic heterocycles. The van der Waals surface area contributed by atoms with Crippen molar-refractivity contribution < 1.29 is 23.1 Å². The zero-order valence-electron chi connectivity index (χ0n) is 22.5. The minimum absolute atomic E-state index is 0.0575. The van der Waals surface area contributed by atoms with Gasteiger partial charge in [-0.25, -0.2) is 18.7 Å². The normalized spacial score (nSPS) is 15.5. The highest BCUT2D eigenvalue weighted by atomic mass is 28.4. The smallest absolute Gasteiger partial charge is 0.192 e. The first-order valence-corrected chi connectivity index (χ1v) is 15.5. The van der Waals surface area contributed by atoms with Crippen molar-refractivity contribution in [3.05, 3.63) is 41.2 Å². The van der Waals surface area contributed by atoms with E-state index in [9.17, 15) is 13.9 Å². The Morgan fingerprint density at radius 3 is 2.36 bits per heavy atom. The molecule has 0 amide bonds. The average molecular weight is 523 g/mol. The molecule has 36 heavy (non-hydrogen) atoms. The summed E-state index contributed by atoms with van der Waals surface area (Å²) in [5, 5.41) is 13.5. The lowest BCUT2D eigenvalue weighted by Gasteiger charge is -2.36. The van der Waals surface area contributed by atoms with Gasteiger partial charge in [-0.1, -0.05) is 20.8 Å². The molecule has 0 unspecified atom stereocenters. The monoisotopic (exact) mass is 522 g/mol. The number of aliphatic hydroxyl groups is 1. The van der Waals surface area contributed by atoms with Crippen molar-refractivity contribution in [2.24, 2.45) is 0 Å². The van der Waals surface area contributed by atoms with E-state index >= 15 is 0 Å². The van der Waals surface area contributed by atoms with E-state index in [1.165, 1.54) is 12.1 Å². The fraction of sp³-hybridized carbons (Fsp3) is 0.615. The number of rotatable bonds is 9. The van der Waals surface area contributed by atoms with Gasteiger partial charge in [-0.2, -0.15) is 0 Å². The summed E-state index contributed by atoms with van der Waals surface area (Å²) < 4.78 is 39.4. The lowest BCUT2D eigenvalue weighted by atomic mass is 10.1. The quantitative estimate of drug-likeness (QED) is 0.413. The first-order valence-electron chi connectivity index (χ1n) is 12.6. The highest BCUT2D eigenvalue weighted by Gasteiger charge is 2.37. The van der Waals surface area contributed by atoms with Crippen LogP contribution >= 0.6 is 0 Å². The van der Waals surface area contributed by atoms with Gasteiger partial charge in [0.05, 0.1) is 24.6 Å². The van der Waals surface area contributed by atoms with Gasteiger partial charge in [0.2, 0.25) is 0 Å². The molecule has 0 aliphatic carbocycles. The molecule has 1 aliphatic rings. The summed E-state index contributed by atoms with van der Waals surface area (Å²) in [6.07, 6.45) is 1.10. The summed E-state index contributed by atoms with van der Waals surface area (Å²) in [6, 6.07) is 3.48. The van der Waals surface area contributed by atoms with Crippen molar-refractivity contribution in [3.63, 3.8) is 0 Å². The van der Waals surface area contributed by atoms with E-state index in [0.717, 1.165) is 6.07 Å². The molecule has 1 aromatic carbocycles. The van der Waals surface area contributed by atoms with Gasteiger partial charge in [-0.15, -0.1) is 0 Å². The fourth-order valence-corrected chi connectivity index (χ4v) is 4.66. The molecule has 1 saturated heterocycles. The van der Waals surface area contributed by atoms with Crippen molar-refractivity contribution in [2.75, 3.05) is 23.3 Å². The van der Waals surface area contributed by atoms with Gasteiger partial charge < -0.3 is 24.5 Å². The van der Waals surface area contributed by atoms with E-state index in [-0.39, 0.29) is 29.5 Å². The van der Waals surface area contributed by atoms with Gasteiger partial charge in [-0.3, -0.25) is 0 Å². The number of hydrogen-bond acceptors (Lipinski definition) is 7. The minimum atomic E-state index is -2.01. The van der Waals surface area contributed by atoms with Crippen LogP contribution in [0.3, 0.4) is 0 Å². The van der Waals surface area contributed by atoms with Crippen LogP contribution in [0.4, 0.5) is 20.4 Å². The zero-order chi connectivity index (χ0) is 26.7. The van der Waals surface area contributed by atoms with Crippen molar-refractivity contribution in [3.8, 4) is 5.75 Å². The third-order valence-electron chi connectivity index (χ3n) is 6.91. The molecule has 0 saturated carbocycles. The summed E-state index contributed by atoms with van der Waals surface area (Å²) in [7, 11) is -2.01. The van der Waals surface area contributed by atoms with Crippen LogP contribution in [-0.4, -0.2) is 48.6 Å². The molecule has 0 atom stereocenters. The molecule has 0 spiro atoms. The Balaban J connectivity index is 1.77. The van der Waals surface area contributed by atoms with E-state index in [1.54, 1.807) is 0 Å². The molecule has 1 fully saturated rings. The number of nitrogens with zero attached hydrogens (tertiary/aromatic N) is 3. The van der Waals surface area contributed by atoms with Gasteiger partial charge in [0.1, 0.15) is 11.9 Å². The van der Waals surface area contributed by atoms with E-state index in [4.69, 9.17) is 19.1 Å². The first kappa shape index (κ1) is 28.3. The fourth-order valence-electron chi connectivity index (χ4n) is 3.73. The van der Waals surface area contributed by atoms with E-state index < -0.39 is 20.0 Å². The molecule has 2 N–H and O–H groups in total. The molecule has 0 radical (unpaired) electrons. The predicted octanol–water partition coefficient (Wildman–Crippen LogP) is 5.64. The number of ether oxygens (including phenoxy) is 1. The third kappa shape index (κ3) is 6.92. The minimum Gasteiger partial charge on any atom is -0.487 e. The van der Waals surface area contributed by atoms with Crippen molar-refractivity contribution in [1.29, 1.82) is 0 Å². The Morgan fingerprint density at radius 2 is 1.81 bits per heavy atom. The van der Waals surface area contributed by atoms with Crippen LogP contribution < -0.4 is 15.0 Å². The first-order chi connectivity index (χ1) is 16.8. The summed E-state index contributed by atoms with van der Waals surface area (Å²) in [5.74, 6) is 0.0618. The summed E-state index contributed by atoms with van der Waals surface area (Å²) in [6.45, 7) is 16.3.